The summed E-state index contributed by atoms with van der Waals surface area (Å²) in [6, 6.07) is 9.45. The molecule has 1 aromatic carbocycles. The van der Waals surface area contributed by atoms with E-state index in [9.17, 15) is 4.79 Å². The topological polar surface area (TPSA) is 71.3 Å². The number of nitrogens with one attached hydrogen (secondary N) is 1. The van der Waals surface area contributed by atoms with Crippen LogP contribution in [-0.2, 0) is 0 Å². The Morgan fingerprint density at radius 3 is 2.74 bits per heavy atom. The highest BCUT2D eigenvalue weighted by Crippen LogP contribution is 2.32. The van der Waals surface area contributed by atoms with Crippen molar-refractivity contribution >= 4 is 6.03 Å². The molecule has 1 N–H and O–H groups in total. The smallest absolute Gasteiger partial charge is 0.318 e. The van der Waals surface area contributed by atoms with Crippen LogP contribution in [0.1, 0.15) is 45.5 Å². The number of likely N-dealkylation sites (tertiary alicyclic amines) is 1. The van der Waals surface area contributed by atoms with Gasteiger partial charge in [0, 0.05) is 17.6 Å². The standard InChI is InChI=1S/C17H22N4O2/c1-17(2,3)19-16(22)21-11-7-10-13(21)15-18-14(20-23-15)12-8-5-4-6-9-12/h4-6,8-9,13H,7,10-11H2,1-3H3,(H,19,22). The van der Waals surface area contributed by atoms with E-state index < -0.39 is 0 Å². The summed E-state index contributed by atoms with van der Waals surface area (Å²) in [6.07, 6.45) is 1.78. The zero-order chi connectivity index (χ0) is 16.4. The van der Waals surface area contributed by atoms with Crippen molar-refractivity contribution in [2.45, 2.75) is 45.2 Å². The van der Waals surface area contributed by atoms with Gasteiger partial charge in [-0.2, -0.15) is 4.98 Å². The van der Waals surface area contributed by atoms with Gasteiger partial charge in [0.25, 0.3) is 0 Å². The lowest BCUT2D eigenvalue weighted by Crippen LogP contribution is -2.48. The lowest BCUT2D eigenvalue weighted by Gasteiger charge is -2.28. The van der Waals surface area contributed by atoms with Crippen LogP contribution < -0.4 is 5.32 Å². The van der Waals surface area contributed by atoms with Crippen LogP contribution in [0.5, 0.6) is 0 Å². The molecule has 1 fully saturated rings. The minimum Gasteiger partial charge on any atom is -0.337 e. The average Bonchev–Trinajstić information content (AvgIpc) is 3.15. The van der Waals surface area contributed by atoms with Gasteiger partial charge < -0.3 is 14.7 Å². The van der Waals surface area contributed by atoms with Crippen LogP contribution in [0.15, 0.2) is 34.9 Å². The van der Waals surface area contributed by atoms with Gasteiger partial charge in [0.2, 0.25) is 11.7 Å². The van der Waals surface area contributed by atoms with Gasteiger partial charge >= 0.3 is 6.03 Å². The number of hydrogen-bond donors (Lipinski definition) is 1. The second kappa shape index (κ2) is 6.02. The summed E-state index contributed by atoms with van der Waals surface area (Å²) in [6.45, 7) is 6.61. The highest BCUT2D eigenvalue weighted by atomic mass is 16.5. The summed E-state index contributed by atoms with van der Waals surface area (Å²) < 4.78 is 5.43. The maximum atomic E-state index is 12.4. The predicted octanol–water partition coefficient (Wildman–Crippen LogP) is 3.38. The summed E-state index contributed by atoms with van der Waals surface area (Å²) in [5.41, 5.74) is 0.639. The number of urea groups is 1. The molecule has 0 bridgehead atoms. The number of aromatic nitrogens is 2. The average molecular weight is 314 g/mol. The zero-order valence-corrected chi connectivity index (χ0v) is 13.7. The van der Waals surface area contributed by atoms with Crippen LogP contribution >= 0.6 is 0 Å². The molecule has 6 heteroatoms. The van der Waals surface area contributed by atoms with Gasteiger partial charge in [0.1, 0.15) is 6.04 Å². The van der Waals surface area contributed by atoms with Crippen LogP contribution in [0, 0.1) is 0 Å². The first kappa shape index (κ1) is 15.5. The molecular weight excluding hydrogens is 292 g/mol. The van der Waals surface area contributed by atoms with E-state index in [-0.39, 0.29) is 17.6 Å². The molecule has 1 saturated heterocycles. The van der Waals surface area contributed by atoms with E-state index in [0.717, 1.165) is 18.4 Å². The van der Waals surface area contributed by atoms with Crippen LogP contribution in [0.3, 0.4) is 0 Å². The van der Waals surface area contributed by atoms with E-state index in [0.29, 0.717) is 18.3 Å². The summed E-state index contributed by atoms with van der Waals surface area (Å²) >= 11 is 0. The number of carbonyl (C=O) groups is 1. The van der Waals surface area contributed by atoms with Crippen molar-refractivity contribution in [3.05, 3.63) is 36.2 Å². The van der Waals surface area contributed by atoms with Crippen molar-refractivity contribution in [2.24, 2.45) is 0 Å². The van der Waals surface area contributed by atoms with Gasteiger partial charge in [-0.05, 0) is 33.6 Å². The molecule has 0 aliphatic carbocycles. The summed E-state index contributed by atoms with van der Waals surface area (Å²) in [4.78, 5) is 18.7. The third kappa shape index (κ3) is 3.52. The van der Waals surface area contributed by atoms with Gasteiger partial charge in [-0.1, -0.05) is 35.5 Å². The molecule has 23 heavy (non-hydrogen) atoms. The fraction of sp³-hybridized carbons (Fsp3) is 0.471. The van der Waals surface area contributed by atoms with Gasteiger partial charge in [-0.3, -0.25) is 0 Å². The van der Waals surface area contributed by atoms with Crippen molar-refractivity contribution in [2.75, 3.05) is 6.54 Å². The van der Waals surface area contributed by atoms with Gasteiger partial charge in [0.05, 0.1) is 0 Å². The second-order valence-electron chi connectivity index (χ2n) is 6.85. The number of benzene rings is 1. The third-order valence-electron chi connectivity index (χ3n) is 3.75. The Balaban J connectivity index is 1.78. The van der Waals surface area contributed by atoms with E-state index in [1.807, 2.05) is 51.1 Å². The van der Waals surface area contributed by atoms with Crippen LogP contribution in [0.2, 0.25) is 0 Å². The third-order valence-corrected chi connectivity index (χ3v) is 3.75. The molecular formula is C17H22N4O2. The van der Waals surface area contributed by atoms with Gasteiger partial charge in [-0.25, -0.2) is 4.79 Å². The molecule has 1 aliphatic rings. The van der Waals surface area contributed by atoms with E-state index in [2.05, 4.69) is 15.5 Å². The molecule has 1 aliphatic heterocycles. The van der Waals surface area contributed by atoms with Crippen molar-refractivity contribution in [1.82, 2.24) is 20.4 Å². The molecule has 0 spiro atoms. The van der Waals surface area contributed by atoms with E-state index in [1.165, 1.54) is 0 Å². The number of amides is 2. The Hall–Kier alpha value is -2.37. The molecule has 0 radical (unpaired) electrons. The Bertz CT molecular complexity index is 675. The fourth-order valence-corrected chi connectivity index (χ4v) is 2.73. The minimum atomic E-state index is -0.270. The van der Waals surface area contributed by atoms with E-state index in [4.69, 9.17) is 4.52 Å². The molecule has 2 heterocycles. The molecule has 0 saturated carbocycles. The number of carbonyl (C=O) groups excluding carboxylic acids is 1. The Kier molecular flexibility index (Phi) is 4.07. The SMILES string of the molecule is CC(C)(C)NC(=O)N1CCCC1c1nc(-c2ccccc2)no1. The lowest BCUT2D eigenvalue weighted by atomic mass is 10.1. The first-order valence-electron chi connectivity index (χ1n) is 7.92. The summed E-state index contributed by atoms with van der Waals surface area (Å²) in [5.74, 6) is 1.06. The molecule has 122 valence electrons. The fourth-order valence-electron chi connectivity index (χ4n) is 2.73. The van der Waals surface area contributed by atoms with Gasteiger partial charge in [0.15, 0.2) is 0 Å². The quantitative estimate of drug-likeness (QED) is 0.922. The maximum Gasteiger partial charge on any atom is 0.318 e. The predicted molar refractivity (Wildman–Crippen MR) is 86.7 cm³/mol. The Labute approximate surface area is 135 Å². The molecule has 2 aromatic rings. The molecule has 1 aromatic heterocycles. The van der Waals surface area contributed by atoms with Crippen molar-refractivity contribution in [3.63, 3.8) is 0 Å². The van der Waals surface area contributed by atoms with E-state index in [1.54, 1.807) is 4.90 Å². The molecule has 6 nitrogen and oxygen atoms in total. The minimum absolute atomic E-state index is 0.0838. The molecule has 1 atom stereocenters. The van der Waals surface area contributed by atoms with Crippen molar-refractivity contribution < 1.29 is 9.32 Å². The highest BCUT2D eigenvalue weighted by molar-refractivity contribution is 5.75. The van der Waals surface area contributed by atoms with Crippen molar-refractivity contribution in [3.8, 4) is 11.4 Å². The van der Waals surface area contributed by atoms with Crippen LogP contribution in [-0.4, -0.2) is 33.2 Å². The number of hydrogen-bond acceptors (Lipinski definition) is 4. The first-order valence-corrected chi connectivity index (χ1v) is 7.92. The van der Waals surface area contributed by atoms with E-state index >= 15 is 0 Å². The second-order valence-corrected chi connectivity index (χ2v) is 6.85. The molecule has 1 unspecified atom stereocenters. The Morgan fingerprint density at radius 1 is 1.30 bits per heavy atom. The monoisotopic (exact) mass is 314 g/mol. The largest absolute Gasteiger partial charge is 0.337 e. The van der Waals surface area contributed by atoms with Gasteiger partial charge in [-0.15, -0.1) is 0 Å². The first-order chi connectivity index (χ1) is 10.9. The highest BCUT2D eigenvalue weighted by Gasteiger charge is 2.35. The number of nitrogens with zero attached hydrogens (tertiary/aromatic N) is 3. The lowest BCUT2D eigenvalue weighted by molar-refractivity contribution is 0.172. The normalized spacial score (nSPS) is 18.2. The molecule has 3 rings (SSSR count). The maximum absolute atomic E-state index is 12.4. The molecule has 2 amide bonds. The van der Waals surface area contributed by atoms with Crippen LogP contribution in [0.25, 0.3) is 11.4 Å². The summed E-state index contributed by atoms with van der Waals surface area (Å²) in [7, 11) is 0. The van der Waals surface area contributed by atoms with Crippen LogP contribution in [0.4, 0.5) is 4.79 Å². The summed E-state index contributed by atoms with van der Waals surface area (Å²) in [5, 5.41) is 7.05. The number of rotatable bonds is 2. The Morgan fingerprint density at radius 2 is 2.04 bits per heavy atom. The van der Waals surface area contributed by atoms with Crippen molar-refractivity contribution in [1.29, 1.82) is 0 Å². The zero-order valence-electron chi connectivity index (χ0n) is 13.7.